The zero-order valence-corrected chi connectivity index (χ0v) is 17.4. The fraction of sp³-hybridized carbons (Fsp3) is 0.0714. The second kappa shape index (κ2) is 7.95. The zero-order valence-electron chi connectivity index (χ0n) is 11.9. The van der Waals surface area contributed by atoms with Crippen molar-refractivity contribution < 1.29 is 44.1 Å². The van der Waals surface area contributed by atoms with Crippen molar-refractivity contribution in [3.63, 3.8) is 0 Å². The molecule has 0 atom stereocenters. The van der Waals surface area contributed by atoms with Crippen molar-refractivity contribution in [2.45, 2.75) is 16.7 Å². The van der Waals surface area contributed by atoms with Gasteiger partial charge in [-0.25, -0.2) is 0 Å². The van der Waals surface area contributed by atoms with Crippen molar-refractivity contribution in [3.8, 4) is 0 Å². The van der Waals surface area contributed by atoms with Crippen LogP contribution >= 0.6 is 11.8 Å². The van der Waals surface area contributed by atoms with E-state index in [-0.39, 0.29) is 44.1 Å². The van der Waals surface area contributed by atoms with Gasteiger partial charge in [0.05, 0.1) is 6.20 Å². The Balaban J connectivity index is 0.00000176. The Hall–Kier alpha value is -1.10. The number of hydrogen-bond acceptors (Lipinski definition) is 5. The van der Waals surface area contributed by atoms with E-state index in [2.05, 4.69) is 25.7 Å². The molecule has 109 valence electrons. The number of aromatic amines is 1. The second-order valence-electron chi connectivity index (χ2n) is 4.46. The number of nitrogens with zero attached hydrogens (tertiary/aromatic N) is 3. The third kappa shape index (κ3) is 4.70. The molecule has 0 saturated heterocycles. The summed E-state index contributed by atoms with van der Waals surface area (Å²) in [6.07, 6.45) is 1.71. The monoisotopic (exact) mass is 524 g/mol. The molecule has 3 N–H and O–H groups in total. The SMILES string of the molecule is Cc1cc(Nc2cc(Sc3ccc([NH-])cc3)cnn2)n[nH]1.[Ac]. The minimum Gasteiger partial charge on any atom is -0.699 e. The van der Waals surface area contributed by atoms with E-state index in [0.29, 0.717) is 17.3 Å². The smallest absolute Gasteiger partial charge is 0.155 e. The Morgan fingerprint density at radius 2 is 1.86 bits per heavy atom. The number of aryl methyl sites for hydroxylation is 1. The summed E-state index contributed by atoms with van der Waals surface area (Å²) >= 11 is 1.57. The number of H-pyrrole nitrogens is 1. The van der Waals surface area contributed by atoms with Crippen LogP contribution in [0.4, 0.5) is 17.3 Å². The molecule has 0 fully saturated rings. The van der Waals surface area contributed by atoms with Gasteiger partial charge in [0.1, 0.15) is 0 Å². The van der Waals surface area contributed by atoms with Gasteiger partial charge in [-0.1, -0.05) is 23.9 Å². The number of anilines is 2. The van der Waals surface area contributed by atoms with E-state index in [9.17, 15) is 0 Å². The molecule has 0 bridgehead atoms. The van der Waals surface area contributed by atoms with Gasteiger partial charge in [0.15, 0.2) is 11.6 Å². The maximum atomic E-state index is 7.48. The Morgan fingerprint density at radius 3 is 2.55 bits per heavy atom. The molecular formula is C14H13AcN6S-. The van der Waals surface area contributed by atoms with Gasteiger partial charge >= 0.3 is 0 Å². The summed E-state index contributed by atoms with van der Waals surface area (Å²) in [5, 5.41) is 18.1. The van der Waals surface area contributed by atoms with Crippen molar-refractivity contribution in [2.75, 3.05) is 5.32 Å². The van der Waals surface area contributed by atoms with E-state index in [0.717, 1.165) is 15.5 Å². The van der Waals surface area contributed by atoms with Crippen LogP contribution in [-0.4, -0.2) is 20.4 Å². The van der Waals surface area contributed by atoms with Crippen LogP contribution in [0, 0.1) is 51.0 Å². The van der Waals surface area contributed by atoms with E-state index in [4.69, 9.17) is 5.73 Å². The Kier molecular flexibility index (Phi) is 6.24. The molecule has 22 heavy (non-hydrogen) atoms. The average Bonchev–Trinajstić information content (AvgIpc) is 2.87. The summed E-state index contributed by atoms with van der Waals surface area (Å²) in [5.41, 5.74) is 8.96. The maximum absolute atomic E-state index is 7.48. The van der Waals surface area contributed by atoms with Crippen LogP contribution in [0.5, 0.6) is 0 Å². The predicted octanol–water partition coefficient (Wildman–Crippen LogP) is 4.09. The standard InChI is InChI=1S/C14H13N6S.Ac/c1-9-6-13(20-18-9)17-14-7-12(8-16-19-14)21-11-4-2-10(15)3-5-11;/h2-8,15H,1H3,(H2,17,18,19,20);/q-1;. The van der Waals surface area contributed by atoms with Crippen LogP contribution < -0.4 is 5.32 Å². The average molecular weight is 524 g/mol. The molecule has 2 heterocycles. The molecule has 1 radical (unpaired) electrons. The number of hydrogen-bond donors (Lipinski definition) is 2. The third-order valence-electron chi connectivity index (χ3n) is 2.68. The van der Waals surface area contributed by atoms with Gasteiger partial charge in [0.2, 0.25) is 0 Å². The topological polar surface area (TPSA) is 90.3 Å². The summed E-state index contributed by atoms with van der Waals surface area (Å²) in [5.74, 6) is 1.35. The van der Waals surface area contributed by atoms with Crippen LogP contribution in [0.15, 0.2) is 52.4 Å². The maximum Gasteiger partial charge on any atom is 0.155 e. The fourth-order valence-corrected chi connectivity index (χ4v) is 2.55. The van der Waals surface area contributed by atoms with Crippen molar-refractivity contribution >= 4 is 29.1 Å². The van der Waals surface area contributed by atoms with Crippen molar-refractivity contribution in [3.05, 3.63) is 54.0 Å². The molecule has 0 aliphatic rings. The Morgan fingerprint density at radius 1 is 1.09 bits per heavy atom. The minimum absolute atomic E-state index is 0. The van der Waals surface area contributed by atoms with E-state index < -0.39 is 0 Å². The predicted molar refractivity (Wildman–Crippen MR) is 83.2 cm³/mol. The molecule has 1 aromatic carbocycles. The van der Waals surface area contributed by atoms with Gasteiger partial charge in [-0.15, -0.1) is 10.8 Å². The van der Waals surface area contributed by atoms with Crippen LogP contribution in [0.1, 0.15) is 5.69 Å². The first-order valence-electron chi connectivity index (χ1n) is 6.30. The van der Waals surface area contributed by atoms with Gasteiger partial charge in [-0.3, -0.25) is 5.10 Å². The summed E-state index contributed by atoms with van der Waals surface area (Å²) in [4.78, 5) is 2.03. The van der Waals surface area contributed by atoms with Crippen LogP contribution in [0.25, 0.3) is 5.73 Å². The fourth-order valence-electron chi connectivity index (χ4n) is 1.74. The van der Waals surface area contributed by atoms with Crippen LogP contribution in [0.2, 0.25) is 0 Å². The molecule has 3 rings (SSSR count). The van der Waals surface area contributed by atoms with E-state index in [1.807, 2.05) is 31.2 Å². The molecule has 3 aromatic rings. The van der Waals surface area contributed by atoms with Crippen molar-refractivity contribution in [2.24, 2.45) is 0 Å². The Labute approximate surface area is 168 Å². The number of nitrogens with one attached hydrogen (secondary N) is 3. The van der Waals surface area contributed by atoms with Crippen molar-refractivity contribution in [1.29, 1.82) is 0 Å². The molecule has 2 aromatic heterocycles. The first-order valence-corrected chi connectivity index (χ1v) is 7.12. The van der Waals surface area contributed by atoms with Gasteiger partial charge in [0, 0.05) is 65.6 Å². The molecular weight excluding hydrogens is 511 g/mol. The summed E-state index contributed by atoms with van der Waals surface area (Å²) < 4.78 is 0. The molecule has 0 amide bonds. The van der Waals surface area contributed by atoms with Gasteiger partial charge in [0.25, 0.3) is 0 Å². The van der Waals surface area contributed by atoms with Gasteiger partial charge in [-0.05, 0) is 25.1 Å². The molecule has 0 unspecified atom stereocenters. The van der Waals surface area contributed by atoms with Crippen molar-refractivity contribution in [1.82, 2.24) is 20.4 Å². The summed E-state index contributed by atoms with van der Waals surface area (Å²) in [7, 11) is 0. The molecule has 0 aliphatic heterocycles. The zero-order chi connectivity index (χ0) is 14.7. The quantitative estimate of drug-likeness (QED) is 0.537. The minimum atomic E-state index is 0. The summed E-state index contributed by atoms with van der Waals surface area (Å²) in [6, 6.07) is 11.2. The molecule has 0 spiro atoms. The molecule has 6 nitrogen and oxygen atoms in total. The van der Waals surface area contributed by atoms with E-state index in [1.165, 1.54) is 0 Å². The molecule has 0 saturated carbocycles. The first kappa shape index (κ1) is 17.3. The van der Waals surface area contributed by atoms with Crippen LogP contribution in [0.3, 0.4) is 0 Å². The van der Waals surface area contributed by atoms with Gasteiger partial charge < -0.3 is 11.1 Å². The largest absolute Gasteiger partial charge is 0.699 e. The third-order valence-corrected chi connectivity index (χ3v) is 3.65. The van der Waals surface area contributed by atoms with E-state index >= 15 is 0 Å². The number of aromatic nitrogens is 4. The first-order chi connectivity index (χ1) is 10.2. The summed E-state index contributed by atoms with van der Waals surface area (Å²) in [6.45, 7) is 1.94. The number of benzene rings is 1. The molecule has 8 heteroatoms. The number of rotatable bonds is 4. The second-order valence-corrected chi connectivity index (χ2v) is 5.61. The van der Waals surface area contributed by atoms with Crippen LogP contribution in [-0.2, 0) is 0 Å². The van der Waals surface area contributed by atoms with Gasteiger partial charge in [-0.2, -0.15) is 10.2 Å². The molecule has 0 aliphatic carbocycles. The normalized spacial score (nSPS) is 10.0. The Bertz CT molecular complexity index is 743. The van der Waals surface area contributed by atoms with E-state index in [1.54, 1.807) is 30.1 Å².